The second kappa shape index (κ2) is 6.31. The number of aromatic nitrogens is 5. The molecule has 7 nitrogen and oxygen atoms in total. The number of rotatable bonds is 5. The fourth-order valence-electron chi connectivity index (χ4n) is 2.04. The van der Waals surface area contributed by atoms with E-state index in [1.807, 2.05) is 24.3 Å². The average molecular weight is 297 g/mol. The number of hydrogen-bond acceptors (Lipinski definition) is 6. The Bertz CT molecular complexity index is 744. The van der Waals surface area contributed by atoms with Gasteiger partial charge in [-0.3, -0.25) is 4.98 Å². The Morgan fingerprint density at radius 1 is 1.27 bits per heavy atom. The van der Waals surface area contributed by atoms with E-state index < -0.39 is 6.10 Å². The summed E-state index contributed by atoms with van der Waals surface area (Å²) in [5, 5.41) is 22.5. The quantitative estimate of drug-likeness (QED) is 0.767. The van der Waals surface area contributed by atoms with Crippen molar-refractivity contribution >= 4 is 0 Å². The van der Waals surface area contributed by atoms with Crippen LogP contribution in [0.1, 0.15) is 11.7 Å². The minimum Gasteiger partial charge on any atom is -0.497 e. The van der Waals surface area contributed by atoms with Crippen LogP contribution in [0.5, 0.6) is 5.75 Å². The molecule has 3 rings (SSSR count). The molecular weight excluding hydrogens is 282 g/mol. The molecule has 1 aromatic carbocycles. The van der Waals surface area contributed by atoms with Gasteiger partial charge in [-0.25, -0.2) is 0 Å². The molecule has 0 aliphatic rings. The van der Waals surface area contributed by atoms with Crippen molar-refractivity contribution in [2.45, 2.75) is 12.6 Å². The Hall–Kier alpha value is -2.80. The average Bonchev–Trinajstić information content (AvgIpc) is 3.04. The molecule has 0 saturated carbocycles. The van der Waals surface area contributed by atoms with Gasteiger partial charge in [0.25, 0.3) is 0 Å². The van der Waals surface area contributed by atoms with Gasteiger partial charge in [0.1, 0.15) is 11.9 Å². The Kier molecular flexibility index (Phi) is 4.06. The van der Waals surface area contributed by atoms with Crippen molar-refractivity contribution in [3.8, 4) is 17.1 Å². The van der Waals surface area contributed by atoms with E-state index in [4.69, 9.17) is 4.74 Å². The molecule has 22 heavy (non-hydrogen) atoms. The number of benzene rings is 1. The molecule has 0 saturated heterocycles. The Morgan fingerprint density at radius 2 is 2.18 bits per heavy atom. The normalized spacial score (nSPS) is 12.1. The molecule has 3 aromatic rings. The molecule has 0 bridgehead atoms. The maximum atomic E-state index is 10.3. The van der Waals surface area contributed by atoms with E-state index in [-0.39, 0.29) is 6.54 Å². The minimum atomic E-state index is -0.744. The zero-order valence-electron chi connectivity index (χ0n) is 12.0. The third-order valence-electron chi connectivity index (χ3n) is 3.19. The molecule has 0 spiro atoms. The highest BCUT2D eigenvalue weighted by Gasteiger charge is 2.12. The SMILES string of the molecule is COc1cccc(C(O)Cn2nnc(-c3cccnc3)n2)c1. The zero-order chi connectivity index (χ0) is 15.4. The number of nitrogens with zero attached hydrogens (tertiary/aromatic N) is 5. The predicted octanol–water partition coefficient (Wildman–Crippen LogP) is 1.48. The van der Waals surface area contributed by atoms with Crippen LogP contribution in [0, 0.1) is 0 Å². The van der Waals surface area contributed by atoms with Crippen LogP contribution in [0.25, 0.3) is 11.4 Å². The smallest absolute Gasteiger partial charge is 0.206 e. The van der Waals surface area contributed by atoms with E-state index in [0.717, 1.165) is 11.1 Å². The molecule has 2 heterocycles. The number of tetrazole rings is 1. The van der Waals surface area contributed by atoms with E-state index >= 15 is 0 Å². The Balaban J connectivity index is 1.74. The number of aliphatic hydroxyl groups is 1. The fourth-order valence-corrected chi connectivity index (χ4v) is 2.04. The highest BCUT2D eigenvalue weighted by Crippen LogP contribution is 2.20. The lowest BCUT2D eigenvalue weighted by atomic mass is 10.1. The van der Waals surface area contributed by atoms with Crippen LogP contribution >= 0.6 is 0 Å². The first-order valence-corrected chi connectivity index (χ1v) is 6.76. The van der Waals surface area contributed by atoms with Gasteiger partial charge in [-0.2, -0.15) is 4.80 Å². The number of ether oxygens (including phenoxy) is 1. The second-order valence-electron chi connectivity index (χ2n) is 4.70. The summed E-state index contributed by atoms with van der Waals surface area (Å²) >= 11 is 0. The Labute approximate surface area is 127 Å². The molecule has 0 aliphatic heterocycles. The van der Waals surface area contributed by atoms with Crippen molar-refractivity contribution in [1.29, 1.82) is 0 Å². The van der Waals surface area contributed by atoms with Gasteiger partial charge in [-0.1, -0.05) is 12.1 Å². The van der Waals surface area contributed by atoms with Gasteiger partial charge in [0, 0.05) is 18.0 Å². The summed E-state index contributed by atoms with van der Waals surface area (Å²) in [6.07, 6.45) is 2.60. The molecule has 0 amide bonds. The van der Waals surface area contributed by atoms with Crippen molar-refractivity contribution in [3.05, 3.63) is 54.4 Å². The summed E-state index contributed by atoms with van der Waals surface area (Å²) in [5.41, 5.74) is 1.52. The first-order chi connectivity index (χ1) is 10.8. The topological polar surface area (TPSA) is 86.0 Å². The molecule has 2 aromatic heterocycles. The molecule has 7 heteroatoms. The molecule has 112 valence electrons. The largest absolute Gasteiger partial charge is 0.497 e. The highest BCUT2D eigenvalue weighted by atomic mass is 16.5. The van der Waals surface area contributed by atoms with Crippen molar-refractivity contribution in [3.63, 3.8) is 0 Å². The summed E-state index contributed by atoms with van der Waals surface area (Å²) in [5.74, 6) is 1.17. The number of hydrogen-bond donors (Lipinski definition) is 1. The monoisotopic (exact) mass is 297 g/mol. The molecule has 0 aliphatic carbocycles. The third-order valence-corrected chi connectivity index (χ3v) is 3.19. The molecule has 1 unspecified atom stereocenters. The lowest BCUT2D eigenvalue weighted by molar-refractivity contribution is 0.144. The maximum Gasteiger partial charge on any atom is 0.206 e. The van der Waals surface area contributed by atoms with Crippen LogP contribution in [0.15, 0.2) is 48.8 Å². The third kappa shape index (κ3) is 3.09. The first-order valence-electron chi connectivity index (χ1n) is 6.76. The van der Waals surface area contributed by atoms with Gasteiger partial charge in [0.15, 0.2) is 0 Å². The van der Waals surface area contributed by atoms with E-state index in [2.05, 4.69) is 20.4 Å². The number of pyridine rings is 1. The van der Waals surface area contributed by atoms with Crippen LogP contribution in [-0.4, -0.2) is 37.4 Å². The molecule has 1 N–H and O–H groups in total. The van der Waals surface area contributed by atoms with Crippen LogP contribution in [0.4, 0.5) is 0 Å². The summed E-state index contributed by atoms with van der Waals surface area (Å²) in [4.78, 5) is 5.39. The lowest BCUT2D eigenvalue weighted by Gasteiger charge is -2.10. The summed E-state index contributed by atoms with van der Waals surface area (Å²) in [7, 11) is 1.59. The van der Waals surface area contributed by atoms with Gasteiger partial charge in [0.2, 0.25) is 5.82 Å². The predicted molar refractivity (Wildman–Crippen MR) is 79.0 cm³/mol. The van der Waals surface area contributed by atoms with E-state index in [9.17, 15) is 5.11 Å². The fraction of sp³-hybridized carbons (Fsp3) is 0.200. The Morgan fingerprint density at radius 3 is 2.95 bits per heavy atom. The van der Waals surface area contributed by atoms with Crippen LogP contribution in [0.3, 0.4) is 0 Å². The standard InChI is InChI=1S/C15H15N5O2/c1-22-13-6-2-4-11(8-13)14(21)10-20-18-15(17-19-20)12-5-3-7-16-9-12/h2-9,14,21H,10H2,1H3. The highest BCUT2D eigenvalue weighted by molar-refractivity contribution is 5.51. The molecule has 0 fully saturated rings. The van der Waals surface area contributed by atoms with Crippen LogP contribution in [0.2, 0.25) is 0 Å². The molecular formula is C15H15N5O2. The molecule has 0 radical (unpaired) electrons. The number of methoxy groups -OCH3 is 1. The van der Waals surface area contributed by atoms with Gasteiger partial charge < -0.3 is 9.84 Å². The van der Waals surface area contributed by atoms with Crippen LogP contribution < -0.4 is 4.74 Å². The van der Waals surface area contributed by atoms with Gasteiger partial charge >= 0.3 is 0 Å². The minimum absolute atomic E-state index is 0.209. The van der Waals surface area contributed by atoms with E-state index in [1.165, 1.54) is 4.80 Å². The van der Waals surface area contributed by atoms with E-state index in [1.54, 1.807) is 31.6 Å². The van der Waals surface area contributed by atoms with Crippen molar-refractivity contribution in [2.24, 2.45) is 0 Å². The van der Waals surface area contributed by atoms with Gasteiger partial charge in [0.05, 0.1) is 13.7 Å². The summed E-state index contributed by atoms with van der Waals surface area (Å²) in [6.45, 7) is 0.209. The second-order valence-corrected chi connectivity index (χ2v) is 4.70. The summed E-state index contributed by atoms with van der Waals surface area (Å²) in [6, 6.07) is 10.9. The molecule has 1 atom stereocenters. The number of aliphatic hydroxyl groups excluding tert-OH is 1. The zero-order valence-corrected chi connectivity index (χ0v) is 12.0. The van der Waals surface area contributed by atoms with E-state index in [0.29, 0.717) is 11.6 Å². The van der Waals surface area contributed by atoms with Gasteiger partial charge in [-0.15, -0.1) is 10.2 Å². The van der Waals surface area contributed by atoms with Gasteiger partial charge in [-0.05, 0) is 35.0 Å². The lowest BCUT2D eigenvalue weighted by Crippen LogP contribution is -2.11. The first kappa shape index (κ1) is 14.2. The summed E-state index contributed by atoms with van der Waals surface area (Å²) < 4.78 is 5.15. The van der Waals surface area contributed by atoms with Crippen LogP contribution in [-0.2, 0) is 6.54 Å². The van der Waals surface area contributed by atoms with Crippen molar-refractivity contribution < 1.29 is 9.84 Å². The van der Waals surface area contributed by atoms with Crippen molar-refractivity contribution in [1.82, 2.24) is 25.2 Å². The van der Waals surface area contributed by atoms with Crippen molar-refractivity contribution in [2.75, 3.05) is 7.11 Å². The maximum absolute atomic E-state index is 10.3.